The van der Waals surface area contributed by atoms with E-state index in [-0.39, 0.29) is 12.4 Å². The maximum atomic E-state index is 5.70. The highest BCUT2D eigenvalue weighted by atomic mass is 35.5. The number of hydrogen-bond donors (Lipinski definition) is 1. The summed E-state index contributed by atoms with van der Waals surface area (Å²) in [6.45, 7) is 11.4. The lowest BCUT2D eigenvalue weighted by molar-refractivity contribution is -0.0394. The van der Waals surface area contributed by atoms with Gasteiger partial charge in [-0.1, -0.05) is 13.8 Å². The van der Waals surface area contributed by atoms with E-state index in [9.17, 15) is 0 Å². The van der Waals surface area contributed by atoms with Crippen LogP contribution in [0.2, 0.25) is 0 Å². The van der Waals surface area contributed by atoms with Gasteiger partial charge in [0.15, 0.2) is 0 Å². The number of ether oxygens (including phenoxy) is 1. The minimum absolute atomic E-state index is 0. The predicted octanol–water partition coefficient (Wildman–Crippen LogP) is 1.52. The van der Waals surface area contributed by atoms with Crippen molar-refractivity contribution in [1.29, 1.82) is 0 Å². The second-order valence-corrected chi connectivity index (χ2v) is 5.37. The lowest BCUT2D eigenvalue weighted by Crippen LogP contribution is -2.47. The zero-order valence-corrected chi connectivity index (χ0v) is 11.3. The zero-order chi connectivity index (χ0) is 10.7. The van der Waals surface area contributed by atoms with E-state index in [1.165, 1.54) is 26.1 Å². The maximum Gasteiger partial charge on any atom is 0.0700 e. The molecule has 0 bridgehead atoms. The van der Waals surface area contributed by atoms with Gasteiger partial charge in [0.1, 0.15) is 0 Å². The monoisotopic (exact) mass is 248 g/mol. The predicted molar refractivity (Wildman–Crippen MR) is 69.3 cm³/mol. The third-order valence-electron chi connectivity index (χ3n) is 3.74. The van der Waals surface area contributed by atoms with Crippen LogP contribution in [0.5, 0.6) is 0 Å². The standard InChI is InChI=1S/C12H24N2O.ClH/c1-3-11-8-14(6-7-15-11)10-12(2)4-5-13-9-12;/h11,13H,3-10H2,1-2H3;1H. The van der Waals surface area contributed by atoms with E-state index in [1.54, 1.807) is 0 Å². The molecule has 2 fully saturated rings. The summed E-state index contributed by atoms with van der Waals surface area (Å²) in [5, 5.41) is 3.47. The molecule has 0 radical (unpaired) electrons. The molecule has 96 valence electrons. The van der Waals surface area contributed by atoms with Crippen LogP contribution < -0.4 is 5.32 Å². The Morgan fingerprint density at radius 2 is 2.31 bits per heavy atom. The molecule has 2 saturated heterocycles. The van der Waals surface area contributed by atoms with Crippen molar-refractivity contribution in [3.8, 4) is 0 Å². The van der Waals surface area contributed by atoms with Gasteiger partial charge < -0.3 is 10.1 Å². The van der Waals surface area contributed by atoms with Crippen LogP contribution in [0.4, 0.5) is 0 Å². The number of halogens is 1. The molecule has 0 aliphatic carbocycles. The van der Waals surface area contributed by atoms with Crippen LogP contribution in [0.15, 0.2) is 0 Å². The summed E-state index contributed by atoms with van der Waals surface area (Å²) >= 11 is 0. The SMILES string of the molecule is CCC1CN(CC2(C)CCNC2)CCO1.Cl. The molecule has 2 rings (SSSR count). The lowest BCUT2D eigenvalue weighted by Gasteiger charge is -2.37. The van der Waals surface area contributed by atoms with Crippen LogP contribution >= 0.6 is 12.4 Å². The number of morpholine rings is 1. The van der Waals surface area contributed by atoms with Crippen molar-refractivity contribution in [2.75, 3.05) is 39.3 Å². The molecule has 3 nitrogen and oxygen atoms in total. The summed E-state index contributed by atoms with van der Waals surface area (Å²) in [6, 6.07) is 0. The molecule has 2 aliphatic rings. The lowest BCUT2D eigenvalue weighted by atomic mass is 9.89. The maximum absolute atomic E-state index is 5.70. The first-order valence-electron chi connectivity index (χ1n) is 6.26. The molecule has 0 aromatic carbocycles. The van der Waals surface area contributed by atoms with Crippen LogP contribution in [-0.4, -0.2) is 50.3 Å². The molecule has 0 spiro atoms. The van der Waals surface area contributed by atoms with Gasteiger partial charge in [-0.3, -0.25) is 4.90 Å². The van der Waals surface area contributed by atoms with Crippen LogP contribution in [0.25, 0.3) is 0 Å². The number of hydrogen-bond acceptors (Lipinski definition) is 3. The van der Waals surface area contributed by atoms with Crippen LogP contribution in [0, 0.1) is 5.41 Å². The van der Waals surface area contributed by atoms with Gasteiger partial charge in [0.25, 0.3) is 0 Å². The van der Waals surface area contributed by atoms with Crippen molar-refractivity contribution in [1.82, 2.24) is 10.2 Å². The smallest absolute Gasteiger partial charge is 0.0700 e. The summed E-state index contributed by atoms with van der Waals surface area (Å²) in [5.74, 6) is 0. The molecular formula is C12H25ClN2O. The summed E-state index contributed by atoms with van der Waals surface area (Å²) in [5.41, 5.74) is 0.496. The molecule has 0 amide bonds. The minimum atomic E-state index is 0. The number of nitrogens with one attached hydrogen (secondary N) is 1. The van der Waals surface area contributed by atoms with E-state index < -0.39 is 0 Å². The van der Waals surface area contributed by atoms with Crippen molar-refractivity contribution in [2.45, 2.75) is 32.8 Å². The van der Waals surface area contributed by atoms with E-state index >= 15 is 0 Å². The molecular weight excluding hydrogens is 224 g/mol. The second kappa shape index (κ2) is 6.20. The highest BCUT2D eigenvalue weighted by Crippen LogP contribution is 2.26. The molecule has 0 aromatic heterocycles. The first-order chi connectivity index (χ1) is 7.22. The van der Waals surface area contributed by atoms with Crippen molar-refractivity contribution >= 4 is 12.4 Å². The van der Waals surface area contributed by atoms with Crippen LogP contribution in [-0.2, 0) is 4.74 Å². The van der Waals surface area contributed by atoms with Crippen molar-refractivity contribution < 1.29 is 4.74 Å². The number of rotatable bonds is 3. The quantitative estimate of drug-likeness (QED) is 0.820. The zero-order valence-electron chi connectivity index (χ0n) is 10.5. The van der Waals surface area contributed by atoms with Gasteiger partial charge >= 0.3 is 0 Å². The molecule has 0 saturated carbocycles. The fraction of sp³-hybridized carbons (Fsp3) is 1.00. The van der Waals surface area contributed by atoms with E-state index in [0.29, 0.717) is 11.5 Å². The van der Waals surface area contributed by atoms with Gasteiger partial charge in [-0.05, 0) is 24.8 Å². The molecule has 2 heterocycles. The molecule has 2 aliphatic heterocycles. The first kappa shape index (κ1) is 14.2. The molecule has 0 aromatic rings. The highest BCUT2D eigenvalue weighted by molar-refractivity contribution is 5.85. The highest BCUT2D eigenvalue weighted by Gasteiger charge is 2.32. The second-order valence-electron chi connectivity index (χ2n) is 5.37. The van der Waals surface area contributed by atoms with E-state index in [4.69, 9.17) is 4.74 Å². The minimum Gasteiger partial charge on any atom is -0.376 e. The van der Waals surface area contributed by atoms with Gasteiger partial charge in [-0.25, -0.2) is 0 Å². The topological polar surface area (TPSA) is 24.5 Å². The summed E-state index contributed by atoms with van der Waals surface area (Å²) in [6.07, 6.45) is 2.93. The Morgan fingerprint density at radius 1 is 1.50 bits per heavy atom. The van der Waals surface area contributed by atoms with E-state index in [1.807, 2.05) is 0 Å². The van der Waals surface area contributed by atoms with Crippen molar-refractivity contribution in [3.63, 3.8) is 0 Å². The first-order valence-corrected chi connectivity index (χ1v) is 6.26. The molecule has 16 heavy (non-hydrogen) atoms. The Hall–Kier alpha value is 0.170. The Labute approximate surface area is 105 Å². The Kier molecular flexibility index (Phi) is 5.51. The average molecular weight is 249 g/mol. The van der Waals surface area contributed by atoms with Gasteiger partial charge in [-0.15, -0.1) is 12.4 Å². The number of nitrogens with zero attached hydrogens (tertiary/aromatic N) is 1. The Morgan fingerprint density at radius 3 is 2.94 bits per heavy atom. The van der Waals surface area contributed by atoms with Gasteiger partial charge in [0, 0.05) is 26.2 Å². The molecule has 2 unspecified atom stereocenters. The third-order valence-corrected chi connectivity index (χ3v) is 3.74. The van der Waals surface area contributed by atoms with Gasteiger partial charge in [0.05, 0.1) is 12.7 Å². The molecule has 4 heteroatoms. The third kappa shape index (κ3) is 3.59. The largest absolute Gasteiger partial charge is 0.376 e. The van der Waals surface area contributed by atoms with Crippen LogP contribution in [0.3, 0.4) is 0 Å². The molecule has 2 atom stereocenters. The van der Waals surface area contributed by atoms with Gasteiger partial charge in [0.2, 0.25) is 0 Å². The molecule has 1 N–H and O–H groups in total. The van der Waals surface area contributed by atoms with Gasteiger partial charge in [-0.2, -0.15) is 0 Å². The normalized spacial score (nSPS) is 36.0. The van der Waals surface area contributed by atoms with Crippen molar-refractivity contribution in [2.24, 2.45) is 5.41 Å². The van der Waals surface area contributed by atoms with Crippen LogP contribution in [0.1, 0.15) is 26.7 Å². The average Bonchev–Trinajstić information content (AvgIpc) is 2.65. The van der Waals surface area contributed by atoms with E-state index in [2.05, 4.69) is 24.1 Å². The fourth-order valence-corrected chi connectivity index (χ4v) is 2.71. The van der Waals surface area contributed by atoms with Crippen molar-refractivity contribution in [3.05, 3.63) is 0 Å². The Balaban J connectivity index is 0.00000128. The fourth-order valence-electron chi connectivity index (χ4n) is 2.71. The summed E-state index contributed by atoms with van der Waals surface area (Å²) in [4.78, 5) is 2.59. The summed E-state index contributed by atoms with van der Waals surface area (Å²) in [7, 11) is 0. The van der Waals surface area contributed by atoms with E-state index in [0.717, 1.165) is 26.1 Å². The summed E-state index contributed by atoms with van der Waals surface area (Å²) < 4.78 is 5.70. The Bertz CT molecular complexity index is 207.